The topological polar surface area (TPSA) is 43.6 Å². The molecule has 0 amide bonds. The largest absolute Gasteiger partial charge is 0.464 e. The molecule has 0 unspecified atom stereocenters. The first kappa shape index (κ1) is 9.02. The Balaban J connectivity index is 2.56. The number of nitrogens with zero attached hydrogens (tertiary/aromatic N) is 2. The van der Waals surface area contributed by atoms with Gasteiger partial charge in [-0.15, -0.1) is 0 Å². The number of hydrogen-bond acceptors (Lipinski definition) is 3. The number of halogens is 1. The summed E-state index contributed by atoms with van der Waals surface area (Å²) in [4.78, 5) is 11.1. The maximum atomic E-state index is 11.1. The number of ether oxygens (including phenoxy) is 1. The number of aromatic nitrogens is 2. The van der Waals surface area contributed by atoms with E-state index in [1.807, 2.05) is 0 Å². The molecule has 0 spiro atoms. The van der Waals surface area contributed by atoms with Crippen LogP contribution in [0.25, 0.3) is 5.52 Å². The van der Waals surface area contributed by atoms with E-state index >= 15 is 0 Å². The van der Waals surface area contributed by atoms with E-state index < -0.39 is 5.97 Å². The Hall–Kier alpha value is -1.55. The summed E-state index contributed by atoms with van der Waals surface area (Å²) in [5, 5.41) is 4.61. The summed E-state index contributed by atoms with van der Waals surface area (Å²) in [5.74, 6) is -0.454. The lowest BCUT2D eigenvalue weighted by Crippen LogP contribution is -2.01. The van der Waals surface area contributed by atoms with Gasteiger partial charge in [0, 0.05) is 11.2 Å². The minimum atomic E-state index is -0.454. The average Bonchev–Trinajstić information content (AvgIpc) is 2.59. The van der Waals surface area contributed by atoms with Crippen molar-refractivity contribution in [2.75, 3.05) is 7.11 Å². The highest BCUT2D eigenvalue weighted by Crippen LogP contribution is 2.13. The van der Waals surface area contributed by atoms with Gasteiger partial charge < -0.3 is 4.74 Å². The minimum absolute atomic E-state index is 0.273. The van der Waals surface area contributed by atoms with Gasteiger partial charge >= 0.3 is 5.97 Å². The minimum Gasteiger partial charge on any atom is -0.464 e. The number of esters is 1. The molecular weight excluding hydrogens is 204 g/mol. The van der Waals surface area contributed by atoms with Crippen LogP contribution in [-0.2, 0) is 4.74 Å². The molecule has 0 aliphatic rings. The van der Waals surface area contributed by atoms with Crippen molar-refractivity contribution < 1.29 is 9.53 Å². The van der Waals surface area contributed by atoms with Crippen molar-refractivity contribution in [3.05, 3.63) is 35.1 Å². The van der Waals surface area contributed by atoms with Gasteiger partial charge in [-0.2, -0.15) is 5.10 Å². The summed E-state index contributed by atoms with van der Waals surface area (Å²) >= 11 is 5.78. The van der Waals surface area contributed by atoms with E-state index in [-0.39, 0.29) is 5.69 Å². The number of methoxy groups -OCH3 is 1. The summed E-state index contributed by atoms with van der Waals surface area (Å²) in [7, 11) is 1.32. The smallest absolute Gasteiger partial charge is 0.358 e. The second-order valence-corrected chi connectivity index (χ2v) is 3.17. The van der Waals surface area contributed by atoms with Gasteiger partial charge in [-0.05, 0) is 18.2 Å². The third-order valence-corrected chi connectivity index (χ3v) is 2.05. The van der Waals surface area contributed by atoms with Crippen LogP contribution >= 0.6 is 11.6 Å². The van der Waals surface area contributed by atoms with E-state index in [1.54, 1.807) is 28.9 Å². The number of carbonyl (C=O) groups is 1. The quantitative estimate of drug-likeness (QED) is 0.674. The zero-order valence-electron chi connectivity index (χ0n) is 7.40. The van der Waals surface area contributed by atoms with Crippen LogP contribution in [0.5, 0.6) is 0 Å². The Morgan fingerprint density at radius 3 is 3.07 bits per heavy atom. The molecule has 72 valence electrons. The summed E-state index contributed by atoms with van der Waals surface area (Å²) in [5.41, 5.74) is 1.03. The number of rotatable bonds is 1. The normalized spacial score (nSPS) is 10.4. The van der Waals surface area contributed by atoms with Crippen LogP contribution in [0.2, 0.25) is 5.02 Å². The molecule has 2 aromatic heterocycles. The molecule has 0 saturated carbocycles. The van der Waals surface area contributed by atoms with Crippen molar-refractivity contribution in [2.24, 2.45) is 0 Å². The van der Waals surface area contributed by atoms with E-state index in [0.29, 0.717) is 5.02 Å². The molecule has 5 heteroatoms. The fraction of sp³-hybridized carbons (Fsp3) is 0.111. The van der Waals surface area contributed by atoms with E-state index in [9.17, 15) is 4.79 Å². The molecule has 4 nitrogen and oxygen atoms in total. The van der Waals surface area contributed by atoms with Crippen LogP contribution in [0.3, 0.4) is 0 Å². The Morgan fingerprint density at radius 2 is 2.36 bits per heavy atom. The first-order valence-electron chi connectivity index (χ1n) is 3.94. The van der Waals surface area contributed by atoms with Crippen LogP contribution in [0, 0.1) is 0 Å². The lowest BCUT2D eigenvalue weighted by molar-refractivity contribution is 0.0593. The van der Waals surface area contributed by atoms with Crippen molar-refractivity contribution in [3.63, 3.8) is 0 Å². The van der Waals surface area contributed by atoms with Gasteiger partial charge in [0.2, 0.25) is 0 Å². The molecule has 2 rings (SSSR count). The molecule has 0 radical (unpaired) electrons. The fourth-order valence-electron chi connectivity index (χ4n) is 1.17. The van der Waals surface area contributed by atoms with Gasteiger partial charge in [0.25, 0.3) is 0 Å². The number of pyridine rings is 1. The van der Waals surface area contributed by atoms with Crippen molar-refractivity contribution in [1.82, 2.24) is 9.61 Å². The van der Waals surface area contributed by atoms with E-state index in [4.69, 9.17) is 11.6 Å². The summed E-state index contributed by atoms with van der Waals surface area (Å²) in [6.07, 6.45) is 1.68. The first-order chi connectivity index (χ1) is 6.70. The molecule has 2 aromatic rings. The molecule has 0 aliphatic carbocycles. The molecule has 0 fully saturated rings. The third kappa shape index (κ3) is 1.44. The molecule has 2 heterocycles. The van der Waals surface area contributed by atoms with E-state index in [2.05, 4.69) is 9.84 Å². The number of hydrogen-bond donors (Lipinski definition) is 0. The standard InChI is InChI=1S/C9H7ClN2O2/c1-14-9(13)8-5-7-4-6(10)2-3-12(7)11-8/h2-5H,1H3. The molecule has 14 heavy (non-hydrogen) atoms. The second-order valence-electron chi connectivity index (χ2n) is 2.74. The van der Waals surface area contributed by atoms with Crippen molar-refractivity contribution in [3.8, 4) is 0 Å². The third-order valence-electron chi connectivity index (χ3n) is 1.82. The molecule has 0 atom stereocenters. The Kier molecular flexibility index (Phi) is 2.13. The number of carbonyl (C=O) groups excluding carboxylic acids is 1. The Labute approximate surface area is 85.0 Å². The number of fused-ring (bicyclic) bond motifs is 1. The van der Waals surface area contributed by atoms with Gasteiger partial charge in [0.1, 0.15) is 0 Å². The van der Waals surface area contributed by atoms with Crippen LogP contribution in [0.15, 0.2) is 24.4 Å². The average molecular weight is 211 g/mol. The van der Waals surface area contributed by atoms with Crippen LogP contribution in [0.4, 0.5) is 0 Å². The summed E-state index contributed by atoms with van der Waals surface area (Å²) < 4.78 is 6.12. The van der Waals surface area contributed by atoms with Gasteiger partial charge in [-0.3, -0.25) is 0 Å². The fourth-order valence-corrected chi connectivity index (χ4v) is 1.34. The van der Waals surface area contributed by atoms with Crippen molar-refractivity contribution in [2.45, 2.75) is 0 Å². The van der Waals surface area contributed by atoms with Crippen LogP contribution in [-0.4, -0.2) is 22.7 Å². The molecule has 0 aromatic carbocycles. The van der Waals surface area contributed by atoms with E-state index in [0.717, 1.165) is 5.52 Å². The Bertz CT molecular complexity index is 493. The second kappa shape index (κ2) is 3.31. The maximum absolute atomic E-state index is 11.1. The van der Waals surface area contributed by atoms with Gasteiger partial charge in [0.05, 0.1) is 12.6 Å². The summed E-state index contributed by atoms with van der Waals surface area (Å²) in [6, 6.07) is 5.04. The molecule has 0 saturated heterocycles. The molecule has 0 bridgehead atoms. The predicted octanol–water partition coefficient (Wildman–Crippen LogP) is 1.77. The monoisotopic (exact) mass is 210 g/mol. The van der Waals surface area contributed by atoms with Gasteiger partial charge in [0.15, 0.2) is 5.69 Å². The zero-order valence-corrected chi connectivity index (χ0v) is 8.15. The van der Waals surface area contributed by atoms with Gasteiger partial charge in [-0.25, -0.2) is 9.31 Å². The highest BCUT2D eigenvalue weighted by Gasteiger charge is 2.10. The molecule has 0 N–H and O–H groups in total. The lowest BCUT2D eigenvalue weighted by Gasteiger charge is -1.91. The Morgan fingerprint density at radius 1 is 1.57 bits per heavy atom. The SMILES string of the molecule is COC(=O)c1cc2cc(Cl)ccn2n1. The van der Waals surface area contributed by atoms with Crippen molar-refractivity contribution >= 4 is 23.1 Å². The highest BCUT2D eigenvalue weighted by molar-refractivity contribution is 6.30. The maximum Gasteiger partial charge on any atom is 0.358 e. The lowest BCUT2D eigenvalue weighted by atomic mass is 10.3. The van der Waals surface area contributed by atoms with E-state index in [1.165, 1.54) is 7.11 Å². The van der Waals surface area contributed by atoms with Crippen LogP contribution in [0.1, 0.15) is 10.5 Å². The summed E-state index contributed by atoms with van der Waals surface area (Å²) in [6.45, 7) is 0. The highest BCUT2D eigenvalue weighted by atomic mass is 35.5. The molecular formula is C9H7ClN2O2. The predicted molar refractivity (Wildman–Crippen MR) is 51.5 cm³/mol. The van der Waals surface area contributed by atoms with Crippen LogP contribution < -0.4 is 0 Å². The zero-order chi connectivity index (χ0) is 10.1. The molecule has 0 aliphatic heterocycles. The first-order valence-corrected chi connectivity index (χ1v) is 4.32. The van der Waals surface area contributed by atoms with Crippen molar-refractivity contribution in [1.29, 1.82) is 0 Å². The van der Waals surface area contributed by atoms with Gasteiger partial charge in [-0.1, -0.05) is 11.6 Å².